The Morgan fingerprint density at radius 2 is 1.80 bits per heavy atom. The molecule has 0 aromatic rings. The van der Waals surface area contributed by atoms with E-state index in [-0.39, 0.29) is 30.3 Å². The van der Waals surface area contributed by atoms with E-state index in [4.69, 9.17) is 5.73 Å². The van der Waals surface area contributed by atoms with Gasteiger partial charge in [-0.2, -0.15) is 0 Å². The molecule has 0 spiro atoms. The summed E-state index contributed by atoms with van der Waals surface area (Å²) in [4.78, 5) is 11.9. The van der Waals surface area contributed by atoms with Crippen molar-refractivity contribution in [2.45, 2.75) is 38.5 Å². The third-order valence-electron chi connectivity index (χ3n) is 3.69. The number of sulfonamides is 1. The van der Waals surface area contributed by atoms with Gasteiger partial charge >= 0.3 is 0 Å². The Balaban J connectivity index is 0.00000361. The van der Waals surface area contributed by atoms with Gasteiger partial charge in [-0.15, -0.1) is 12.4 Å². The smallest absolute Gasteiger partial charge is 0.220 e. The van der Waals surface area contributed by atoms with E-state index in [0.717, 1.165) is 31.9 Å². The van der Waals surface area contributed by atoms with E-state index in [9.17, 15) is 13.2 Å². The molecule has 0 bridgehead atoms. The summed E-state index contributed by atoms with van der Waals surface area (Å²) in [5, 5.41) is 2.74. The van der Waals surface area contributed by atoms with E-state index >= 15 is 0 Å². The van der Waals surface area contributed by atoms with Crippen LogP contribution in [0.3, 0.4) is 0 Å². The number of hydrogen-bond acceptors (Lipinski definition) is 4. The molecule has 0 radical (unpaired) electrons. The van der Waals surface area contributed by atoms with E-state index in [1.54, 1.807) is 0 Å². The summed E-state index contributed by atoms with van der Waals surface area (Å²) >= 11 is 0. The van der Waals surface area contributed by atoms with Gasteiger partial charge in [0.15, 0.2) is 0 Å². The lowest BCUT2D eigenvalue weighted by Crippen LogP contribution is -2.40. The zero-order chi connectivity index (χ0) is 14.4. The van der Waals surface area contributed by atoms with Crippen LogP contribution < -0.4 is 15.8 Å². The molecule has 1 aliphatic rings. The maximum atomic E-state index is 11.9. The van der Waals surface area contributed by atoms with E-state index in [0.29, 0.717) is 19.5 Å². The molecule has 1 rings (SSSR count). The molecule has 20 heavy (non-hydrogen) atoms. The second-order valence-corrected chi connectivity index (χ2v) is 7.29. The quantitative estimate of drug-likeness (QED) is 0.588. The van der Waals surface area contributed by atoms with Crippen LogP contribution in [0, 0.1) is 5.41 Å². The average Bonchev–Trinajstić information content (AvgIpc) is 2.35. The summed E-state index contributed by atoms with van der Waals surface area (Å²) < 4.78 is 24.0. The van der Waals surface area contributed by atoms with Crippen LogP contribution in [0.4, 0.5) is 0 Å². The van der Waals surface area contributed by atoms with Gasteiger partial charge in [0.05, 0.1) is 6.26 Å². The Labute approximate surface area is 127 Å². The van der Waals surface area contributed by atoms with Gasteiger partial charge in [-0.05, 0) is 24.8 Å². The van der Waals surface area contributed by atoms with Gasteiger partial charge in [0.2, 0.25) is 15.9 Å². The van der Waals surface area contributed by atoms with Gasteiger partial charge in [-0.25, -0.2) is 13.1 Å². The molecule has 4 N–H and O–H groups in total. The van der Waals surface area contributed by atoms with Crippen LogP contribution in [0.2, 0.25) is 0 Å². The Morgan fingerprint density at radius 3 is 2.30 bits per heavy atom. The SMILES string of the molecule is CS(=O)(=O)NCCNC(=O)CC1(CN)CCCCC1.Cl. The van der Waals surface area contributed by atoms with Crippen LogP contribution in [-0.4, -0.2) is 40.2 Å². The lowest BCUT2D eigenvalue weighted by molar-refractivity contribution is -0.123. The van der Waals surface area contributed by atoms with Crippen molar-refractivity contribution in [3.8, 4) is 0 Å². The number of nitrogens with two attached hydrogens (primary N) is 1. The number of amides is 1. The summed E-state index contributed by atoms with van der Waals surface area (Å²) in [5.74, 6) is -0.0392. The number of carbonyl (C=O) groups is 1. The lowest BCUT2D eigenvalue weighted by Gasteiger charge is -2.35. The molecule has 0 saturated heterocycles. The van der Waals surface area contributed by atoms with E-state index in [2.05, 4.69) is 10.0 Å². The molecule has 0 aliphatic heterocycles. The average molecular weight is 328 g/mol. The summed E-state index contributed by atoms with van der Waals surface area (Å²) in [6.07, 6.45) is 7.07. The minimum atomic E-state index is -3.19. The molecular formula is C12H26ClN3O3S. The standard InChI is InChI=1S/C12H25N3O3S.ClH/c1-19(17,18)15-8-7-14-11(16)9-12(10-13)5-3-2-4-6-12;/h15H,2-10,13H2,1H3,(H,14,16);1H. The summed E-state index contributed by atoms with van der Waals surface area (Å²) in [5.41, 5.74) is 5.78. The van der Waals surface area contributed by atoms with Crippen LogP contribution in [-0.2, 0) is 14.8 Å². The highest BCUT2D eigenvalue weighted by atomic mass is 35.5. The highest BCUT2D eigenvalue weighted by Crippen LogP contribution is 2.38. The van der Waals surface area contributed by atoms with E-state index in [1.807, 2.05) is 0 Å². The van der Waals surface area contributed by atoms with Crippen molar-refractivity contribution in [2.75, 3.05) is 25.9 Å². The van der Waals surface area contributed by atoms with Crippen molar-refractivity contribution < 1.29 is 13.2 Å². The molecule has 0 aromatic heterocycles. The maximum Gasteiger partial charge on any atom is 0.220 e. The van der Waals surface area contributed by atoms with Gasteiger partial charge in [0.25, 0.3) is 0 Å². The molecule has 0 heterocycles. The maximum absolute atomic E-state index is 11.9. The monoisotopic (exact) mass is 327 g/mol. The molecule has 1 saturated carbocycles. The first kappa shape index (κ1) is 19.6. The topological polar surface area (TPSA) is 101 Å². The van der Waals surface area contributed by atoms with Gasteiger partial charge in [0.1, 0.15) is 0 Å². The summed E-state index contributed by atoms with van der Waals surface area (Å²) in [6.45, 7) is 1.08. The van der Waals surface area contributed by atoms with Crippen LogP contribution in [0.15, 0.2) is 0 Å². The number of halogens is 1. The molecule has 6 nitrogen and oxygen atoms in total. The van der Waals surface area contributed by atoms with Gasteiger partial charge < -0.3 is 11.1 Å². The first-order chi connectivity index (χ1) is 8.87. The second kappa shape index (κ2) is 8.81. The van der Waals surface area contributed by atoms with Gasteiger partial charge in [-0.3, -0.25) is 4.79 Å². The first-order valence-electron chi connectivity index (χ1n) is 6.78. The summed E-state index contributed by atoms with van der Waals surface area (Å²) in [7, 11) is -3.19. The van der Waals surface area contributed by atoms with Crippen molar-refractivity contribution in [1.29, 1.82) is 0 Å². The number of nitrogens with one attached hydrogen (secondary N) is 2. The molecule has 120 valence electrons. The lowest BCUT2D eigenvalue weighted by atomic mass is 9.71. The molecule has 0 unspecified atom stereocenters. The molecule has 8 heteroatoms. The van der Waals surface area contributed by atoms with Gasteiger partial charge in [-0.1, -0.05) is 19.3 Å². The van der Waals surface area contributed by atoms with Crippen LogP contribution in [0.5, 0.6) is 0 Å². The zero-order valence-corrected chi connectivity index (χ0v) is 13.6. The Kier molecular flexibility index (Phi) is 8.65. The highest BCUT2D eigenvalue weighted by Gasteiger charge is 2.32. The fraction of sp³-hybridized carbons (Fsp3) is 0.917. The fourth-order valence-electron chi connectivity index (χ4n) is 2.60. The molecule has 1 fully saturated rings. The predicted molar refractivity (Wildman–Crippen MR) is 82.3 cm³/mol. The molecule has 0 atom stereocenters. The van der Waals surface area contributed by atoms with Crippen molar-refractivity contribution in [1.82, 2.24) is 10.0 Å². The first-order valence-corrected chi connectivity index (χ1v) is 8.67. The zero-order valence-electron chi connectivity index (χ0n) is 12.0. The van der Waals surface area contributed by atoms with Crippen LogP contribution in [0.25, 0.3) is 0 Å². The second-order valence-electron chi connectivity index (χ2n) is 5.46. The molecular weight excluding hydrogens is 302 g/mol. The predicted octanol–water partition coefficient (Wildman–Crippen LogP) is 0.373. The molecule has 1 aliphatic carbocycles. The Morgan fingerprint density at radius 1 is 1.20 bits per heavy atom. The van der Waals surface area contributed by atoms with Gasteiger partial charge in [0, 0.05) is 19.5 Å². The summed E-state index contributed by atoms with van der Waals surface area (Å²) in [6, 6.07) is 0. The number of hydrogen-bond donors (Lipinski definition) is 3. The number of rotatable bonds is 7. The largest absolute Gasteiger partial charge is 0.355 e. The van der Waals surface area contributed by atoms with E-state index in [1.165, 1.54) is 6.42 Å². The Bertz CT molecular complexity index is 395. The van der Waals surface area contributed by atoms with E-state index < -0.39 is 10.0 Å². The fourth-order valence-corrected chi connectivity index (χ4v) is 3.07. The van der Waals surface area contributed by atoms with Crippen LogP contribution in [0.1, 0.15) is 38.5 Å². The minimum Gasteiger partial charge on any atom is -0.355 e. The Hall–Kier alpha value is -0.370. The van der Waals surface area contributed by atoms with Crippen molar-refractivity contribution in [3.05, 3.63) is 0 Å². The number of carbonyl (C=O) groups excluding carboxylic acids is 1. The van der Waals surface area contributed by atoms with Crippen LogP contribution >= 0.6 is 12.4 Å². The van der Waals surface area contributed by atoms with Crippen molar-refractivity contribution in [3.63, 3.8) is 0 Å². The minimum absolute atomic E-state index is 0. The highest BCUT2D eigenvalue weighted by molar-refractivity contribution is 7.88. The molecule has 0 aromatic carbocycles. The third-order valence-corrected chi connectivity index (χ3v) is 4.42. The van der Waals surface area contributed by atoms with Crippen molar-refractivity contribution >= 4 is 28.3 Å². The third kappa shape index (κ3) is 7.42. The van der Waals surface area contributed by atoms with Crippen molar-refractivity contribution in [2.24, 2.45) is 11.1 Å². The molecule has 1 amide bonds. The normalized spacial score (nSPS) is 18.1.